The van der Waals surface area contributed by atoms with Crippen LogP contribution in [0.25, 0.3) is 33.1 Å². The zero-order valence-corrected chi connectivity index (χ0v) is 19.3. The molecule has 3 heteroatoms. The summed E-state index contributed by atoms with van der Waals surface area (Å²) >= 11 is 1.72. The minimum absolute atomic E-state index is 1.03. The molecule has 0 amide bonds. The summed E-state index contributed by atoms with van der Waals surface area (Å²) in [5.74, 6) is 0. The first-order valence-electron chi connectivity index (χ1n) is 11.3. The van der Waals surface area contributed by atoms with Crippen molar-refractivity contribution in [3.63, 3.8) is 0 Å². The fraction of sp³-hybridized carbons (Fsp3) is 0. The number of hydrogen-bond donors (Lipinski definition) is 0. The van der Waals surface area contributed by atoms with E-state index in [2.05, 4.69) is 132 Å². The van der Waals surface area contributed by atoms with Gasteiger partial charge in [-0.2, -0.15) is 0 Å². The molecule has 5 aromatic carbocycles. The molecule has 0 aliphatic heterocycles. The third kappa shape index (κ3) is 4.09. The van der Waals surface area contributed by atoms with Crippen LogP contribution in [0, 0.1) is 0 Å². The Hall–Kier alpha value is -4.21. The fourth-order valence-electron chi connectivity index (χ4n) is 4.22. The lowest BCUT2D eigenvalue weighted by molar-refractivity contribution is 1.29. The molecule has 0 fully saturated rings. The summed E-state index contributed by atoms with van der Waals surface area (Å²) in [4.78, 5) is 7.00. The van der Waals surface area contributed by atoms with Gasteiger partial charge in [0.1, 0.15) is 5.01 Å². The lowest BCUT2D eigenvalue weighted by atomic mass is 10.0. The van der Waals surface area contributed by atoms with E-state index in [0.717, 1.165) is 27.6 Å². The van der Waals surface area contributed by atoms with Crippen molar-refractivity contribution in [1.82, 2.24) is 4.98 Å². The molecule has 0 radical (unpaired) electrons. The van der Waals surface area contributed by atoms with E-state index in [9.17, 15) is 0 Å². The molecule has 0 N–H and O–H groups in total. The highest BCUT2D eigenvalue weighted by Crippen LogP contribution is 2.36. The Balaban J connectivity index is 1.34. The summed E-state index contributed by atoms with van der Waals surface area (Å²) in [6.07, 6.45) is 4.25. The van der Waals surface area contributed by atoms with E-state index in [1.54, 1.807) is 11.3 Å². The highest BCUT2D eigenvalue weighted by atomic mass is 32.1. The SMILES string of the molecule is C(=C\c1nc2ccccc2s1)/c1ccc2cc(N(c3ccccc3)c3ccccc3)ccc2c1. The van der Waals surface area contributed by atoms with E-state index in [1.165, 1.54) is 21.0 Å². The van der Waals surface area contributed by atoms with Gasteiger partial charge in [0, 0.05) is 17.1 Å². The van der Waals surface area contributed by atoms with Crippen LogP contribution in [0.2, 0.25) is 0 Å². The maximum Gasteiger partial charge on any atom is 0.117 e. The van der Waals surface area contributed by atoms with Gasteiger partial charge in [-0.1, -0.05) is 72.8 Å². The number of rotatable bonds is 5. The predicted molar refractivity (Wildman–Crippen MR) is 147 cm³/mol. The van der Waals surface area contributed by atoms with Crippen LogP contribution in [0.4, 0.5) is 17.1 Å². The molecule has 6 rings (SSSR count). The lowest BCUT2D eigenvalue weighted by Gasteiger charge is -2.25. The first kappa shape index (κ1) is 20.4. The van der Waals surface area contributed by atoms with Crippen molar-refractivity contribution in [3.8, 4) is 0 Å². The van der Waals surface area contributed by atoms with Crippen LogP contribution in [-0.4, -0.2) is 4.98 Å². The Labute approximate surface area is 203 Å². The number of hydrogen-bond acceptors (Lipinski definition) is 3. The summed E-state index contributed by atoms with van der Waals surface area (Å²) in [6.45, 7) is 0. The number of nitrogens with zero attached hydrogens (tertiary/aromatic N) is 2. The van der Waals surface area contributed by atoms with Gasteiger partial charge >= 0.3 is 0 Å². The average Bonchev–Trinajstić information content (AvgIpc) is 3.32. The molecule has 34 heavy (non-hydrogen) atoms. The number of para-hydroxylation sites is 3. The minimum atomic E-state index is 1.03. The third-order valence-corrected chi connectivity index (χ3v) is 6.87. The first-order chi connectivity index (χ1) is 16.8. The molecule has 2 nitrogen and oxygen atoms in total. The second-order valence-electron chi connectivity index (χ2n) is 8.15. The molecule has 6 aromatic rings. The molecule has 0 aliphatic carbocycles. The summed E-state index contributed by atoms with van der Waals surface area (Å²) < 4.78 is 1.22. The Morgan fingerprint density at radius 1 is 0.559 bits per heavy atom. The van der Waals surface area contributed by atoms with Gasteiger partial charge in [0.15, 0.2) is 0 Å². The van der Waals surface area contributed by atoms with Crippen LogP contribution < -0.4 is 4.90 Å². The van der Waals surface area contributed by atoms with Gasteiger partial charge in [-0.25, -0.2) is 4.98 Å². The molecular formula is C31H22N2S. The highest BCUT2D eigenvalue weighted by molar-refractivity contribution is 7.19. The zero-order valence-electron chi connectivity index (χ0n) is 18.5. The Morgan fingerprint density at radius 2 is 1.21 bits per heavy atom. The first-order valence-corrected chi connectivity index (χ1v) is 12.1. The largest absolute Gasteiger partial charge is 0.310 e. The van der Waals surface area contributed by atoms with Gasteiger partial charge in [-0.15, -0.1) is 11.3 Å². The van der Waals surface area contributed by atoms with Crippen molar-refractivity contribution in [2.45, 2.75) is 0 Å². The van der Waals surface area contributed by atoms with Crippen LogP contribution in [0.3, 0.4) is 0 Å². The van der Waals surface area contributed by atoms with Crippen molar-refractivity contribution >= 4 is 61.5 Å². The monoisotopic (exact) mass is 454 g/mol. The Bertz CT molecular complexity index is 1530. The minimum Gasteiger partial charge on any atom is -0.310 e. The number of aromatic nitrogens is 1. The van der Waals surface area contributed by atoms with Crippen LogP contribution in [-0.2, 0) is 0 Å². The topological polar surface area (TPSA) is 16.1 Å². The lowest BCUT2D eigenvalue weighted by Crippen LogP contribution is -2.09. The van der Waals surface area contributed by atoms with Crippen LogP contribution in [0.1, 0.15) is 10.6 Å². The zero-order chi connectivity index (χ0) is 22.7. The second kappa shape index (κ2) is 8.97. The number of benzene rings is 5. The Kier molecular flexibility index (Phi) is 5.38. The van der Waals surface area contributed by atoms with Gasteiger partial charge in [0.25, 0.3) is 0 Å². The molecule has 162 valence electrons. The van der Waals surface area contributed by atoms with Gasteiger partial charge in [-0.3, -0.25) is 0 Å². The number of anilines is 3. The molecule has 0 atom stereocenters. The number of fused-ring (bicyclic) bond motifs is 2. The van der Waals surface area contributed by atoms with E-state index in [0.29, 0.717) is 0 Å². The van der Waals surface area contributed by atoms with Crippen molar-refractivity contribution < 1.29 is 0 Å². The molecular weight excluding hydrogens is 432 g/mol. The smallest absolute Gasteiger partial charge is 0.117 e. The molecule has 0 saturated heterocycles. The molecule has 0 spiro atoms. The van der Waals surface area contributed by atoms with E-state index < -0.39 is 0 Å². The van der Waals surface area contributed by atoms with Gasteiger partial charge < -0.3 is 4.90 Å². The van der Waals surface area contributed by atoms with Crippen molar-refractivity contribution in [3.05, 3.63) is 132 Å². The van der Waals surface area contributed by atoms with E-state index in [1.807, 2.05) is 6.07 Å². The molecule has 0 aliphatic rings. The summed E-state index contributed by atoms with van der Waals surface area (Å²) in [7, 11) is 0. The predicted octanol–water partition coefficient (Wildman–Crippen LogP) is 9.09. The molecule has 0 saturated carbocycles. The van der Waals surface area contributed by atoms with Gasteiger partial charge in [0.2, 0.25) is 0 Å². The van der Waals surface area contributed by atoms with Gasteiger partial charge in [0.05, 0.1) is 10.2 Å². The van der Waals surface area contributed by atoms with E-state index in [-0.39, 0.29) is 0 Å². The molecule has 1 aromatic heterocycles. The maximum atomic E-state index is 4.70. The standard InChI is InChI=1S/C31H22N2S/c1-3-9-26(10-4-1)33(27-11-5-2-6-12-27)28-19-18-24-21-23(15-17-25(24)22-28)16-20-31-32-29-13-7-8-14-30(29)34-31/h1-22H/b20-16+. The van der Waals surface area contributed by atoms with Gasteiger partial charge in [-0.05, 0) is 77.0 Å². The summed E-state index contributed by atoms with van der Waals surface area (Å²) in [6, 6.07) is 42.5. The van der Waals surface area contributed by atoms with Crippen molar-refractivity contribution in [2.75, 3.05) is 4.90 Å². The summed E-state index contributed by atoms with van der Waals surface area (Å²) in [5.41, 5.74) is 5.65. The molecule has 0 bridgehead atoms. The Morgan fingerprint density at radius 3 is 1.94 bits per heavy atom. The maximum absolute atomic E-state index is 4.70. The second-order valence-corrected chi connectivity index (χ2v) is 9.21. The third-order valence-electron chi connectivity index (χ3n) is 5.86. The quantitative estimate of drug-likeness (QED) is 0.258. The van der Waals surface area contributed by atoms with E-state index >= 15 is 0 Å². The van der Waals surface area contributed by atoms with Crippen molar-refractivity contribution in [2.24, 2.45) is 0 Å². The highest BCUT2D eigenvalue weighted by Gasteiger charge is 2.12. The normalized spacial score (nSPS) is 11.4. The molecule has 1 heterocycles. The van der Waals surface area contributed by atoms with E-state index in [4.69, 9.17) is 4.98 Å². The van der Waals surface area contributed by atoms with Crippen LogP contribution in [0.5, 0.6) is 0 Å². The average molecular weight is 455 g/mol. The van der Waals surface area contributed by atoms with Crippen molar-refractivity contribution in [1.29, 1.82) is 0 Å². The number of thiazole rings is 1. The molecule has 0 unspecified atom stereocenters. The van der Waals surface area contributed by atoms with Crippen LogP contribution in [0.15, 0.2) is 121 Å². The van der Waals surface area contributed by atoms with Crippen LogP contribution >= 0.6 is 11.3 Å². The fourth-order valence-corrected chi connectivity index (χ4v) is 5.09. The summed E-state index contributed by atoms with van der Waals surface area (Å²) in [5, 5.41) is 3.46.